The van der Waals surface area contributed by atoms with Gasteiger partial charge in [-0.05, 0) is 24.8 Å². The second kappa shape index (κ2) is 4.82. The Bertz CT molecular complexity index is 649. The highest BCUT2D eigenvalue weighted by atomic mass is 16.2. The minimum Gasteiger partial charge on any atom is -0.346 e. The van der Waals surface area contributed by atoms with E-state index < -0.39 is 0 Å². The van der Waals surface area contributed by atoms with Gasteiger partial charge in [0.05, 0.1) is 5.69 Å². The van der Waals surface area contributed by atoms with Crippen molar-refractivity contribution in [1.29, 1.82) is 0 Å². The normalized spacial score (nSPS) is 22.0. The van der Waals surface area contributed by atoms with E-state index in [1.165, 1.54) is 6.33 Å². The third-order valence-corrected chi connectivity index (χ3v) is 3.75. The number of nitrogens with two attached hydrogens (primary N) is 1. The smallest absolute Gasteiger partial charge is 0.270 e. The number of aromatic nitrogens is 4. The van der Waals surface area contributed by atoms with E-state index in [0.29, 0.717) is 11.5 Å². The van der Waals surface area contributed by atoms with Crippen LogP contribution in [0.15, 0.2) is 12.4 Å². The number of carbonyl (C=O) groups is 1. The SMILES string of the molecule is CC(C)c1cc(C(=O)N[C@H]2CC[C@H]2N)nc2ncnn12. The van der Waals surface area contributed by atoms with Crippen molar-refractivity contribution in [3.05, 3.63) is 23.8 Å². The van der Waals surface area contributed by atoms with Gasteiger partial charge in [0.2, 0.25) is 0 Å². The fourth-order valence-electron chi connectivity index (χ4n) is 2.31. The lowest BCUT2D eigenvalue weighted by atomic mass is 9.87. The van der Waals surface area contributed by atoms with E-state index in [9.17, 15) is 4.79 Å². The molecule has 0 saturated heterocycles. The highest BCUT2D eigenvalue weighted by Gasteiger charge is 2.29. The summed E-state index contributed by atoms with van der Waals surface area (Å²) in [7, 11) is 0. The highest BCUT2D eigenvalue weighted by molar-refractivity contribution is 5.93. The van der Waals surface area contributed by atoms with Crippen LogP contribution in [0.5, 0.6) is 0 Å². The molecule has 106 valence electrons. The average Bonchev–Trinajstić information content (AvgIpc) is 2.89. The number of carbonyl (C=O) groups excluding carboxylic acids is 1. The summed E-state index contributed by atoms with van der Waals surface area (Å²) < 4.78 is 1.66. The zero-order chi connectivity index (χ0) is 14.3. The summed E-state index contributed by atoms with van der Waals surface area (Å²) in [6, 6.07) is 1.88. The fourth-order valence-corrected chi connectivity index (χ4v) is 2.31. The molecule has 3 N–H and O–H groups in total. The van der Waals surface area contributed by atoms with Gasteiger partial charge in [0.15, 0.2) is 0 Å². The summed E-state index contributed by atoms with van der Waals surface area (Å²) in [6.07, 6.45) is 3.33. The summed E-state index contributed by atoms with van der Waals surface area (Å²) in [4.78, 5) is 20.6. The van der Waals surface area contributed by atoms with Crippen LogP contribution >= 0.6 is 0 Å². The number of hydrogen-bond acceptors (Lipinski definition) is 5. The molecule has 1 aliphatic rings. The van der Waals surface area contributed by atoms with Gasteiger partial charge in [-0.25, -0.2) is 9.50 Å². The molecule has 0 spiro atoms. The number of rotatable bonds is 3. The van der Waals surface area contributed by atoms with Gasteiger partial charge in [-0.1, -0.05) is 13.8 Å². The number of hydrogen-bond donors (Lipinski definition) is 2. The van der Waals surface area contributed by atoms with Crippen LogP contribution in [0.1, 0.15) is 48.8 Å². The number of amides is 1. The van der Waals surface area contributed by atoms with Crippen molar-refractivity contribution in [2.75, 3.05) is 0 Å². The predicted octanol–water partition coefficient (Wildman–Crippen LogP) is 0.467. The molecular formula is C13H18N6O. The third-order valence-electron chi connectivity index (χ3n) is 3.75. The van der Waals surface area contributed by atoms with Crippen molar-refractivity contribution >= 4 is 11.7 Å². The van der Waals surface area contributed by atoms with Crippen molar-refractivity contribution in [2.24, 2.45) is 5.73 Å². The summed E-state index contributed by atoms with van der Waals surface area (Å²) in [5.41, 5.74) is 7.12. The maximum atomic E-state index is 12.2. The number of nitrogens with one attached hydrogen (secondary N) is 1. The van der Waals surface area contributed by atoms with Gasteiger partial charge in [0, 0.05) is 12.1 Å². The quantitative estimate of drug-likeness (QED) is 0.847. The molecule has 1 saturated carbocycles. The van der Waals surface area contributed by atoms with Gasteiger partial charge in [0.1, 0.15) is 12.0 Å². The van der Waals surface area contributed by atoms with Crippen LogP contribution in [0.3, 0.4) is 0 Å². The fraction of sp³-hybridized carbons (Fsp3) is 0.538. The first-order valence-electron chi connectivity index (χ1n) is 6.83. The molecule has 3 rings (SSSR count). The van der Waals surface area contributed by atoms with Crippen LogP contribution in [-0.2, 0) is 0 Å². The zero-order valence-electron chi connectivity index (χ0n) is 11.6. The molecule has 0 bridgehead atoms. The van der Waals surface area contributed by atoms with E-state index in [-0.39, 0.29) is 23.9 Å². The lowest BCUT2D eigenvalue weighted by molar-refractivity contribution is 0.0900. The van der Waals surface area contributed by atoms with Crippen molar-refractivity contribution < 1.29 is 4.79 Å². The van der Waals surface area contributed by atoms with E-state index in [1.54, 1.807) is 10.6 Å². The van der Waals surface area contributed by atoms with Gasteiger partial charge in [-0.2, -0.15) is 10.1 Å². The monoisotopic (exact) mass is 274 g/mol. The lowest BCUT2D eigenvalue weighted by Gasteiger charge is -2.33. The van der Waals surface area contributed by atoms with Crippen LogP contribution in [0.2, 0.25) is 0 Å². The van der Waals surface area contributed by atoms with Crippen LogP contribution < -0.4 is 11.1 Å². The summed E-state index contributed by atoms with van der Waals surface area (Å²) in [5, 5.41) is 7.05. The highest BCUT2D eigenvalue weighted by Crippen LogP contribution is 2.19. The molecular weight excluding hydrogens is 256 g/mol. The molecule has 1 fully saturated rings. The Balaban J connectivity index is 1.92. The van der Waals surface area contributed by atoms with Gasteiger partial charge in [0.25, 0.3) is 11.7 Å². The summed E-state index contributed by atoms with van der Waals surface area (Å²) in [6.45, 7) is 4.08. The van der Waals surface area contributed by atoms with Crippen molar-refractivity contribution in [3.63, 3.8) is 0 Å². The molecule has 2 heterocycles. The predicted molar refractivity (Wildman–Crippen MR) is 73.3 cm³/mol. The topological polar surface area (TPSA) is 98.2 Å². The Kier molecular flexibility index (Phi) is 3.13. The molecule has 2 aromatic heterocycles. The largest absolute Gasteiger partial charge is 0.346 e. The Morgan fingerprint density at radius 1 is 1.50 bits per heavy atom. The van der Waals surface area contributed by atoms with Crippen molar-refractivity contribution in [1.82, 2.24) is 24.9 Å². The molecule has 20 heavy (non-hydrogen) atoms. The molecule has 0 unspecified atom stereocenters. The maximum Gasteiger partial charge on any atom is 0.270 e. The van der Waals surface area contributed by atoms with E-state index in [1.807, 2.05) is 13.8 Å². The average molecular weight is 274 g/mol. The minimum atomic E-state index is -0.197. The zero-order valence-corrected chi connectivity index (χ0v) is 11.6. The van der Waals surface area contributed by atoms with Crippen molar-refractivity contribution in [3.8, 4) is 0 Å². The van der Waals surface area contributed by atoms with Crippen LogP contribution in [0.4, 0.5) is 0 Å². The summed E-state index contributed by atoms with van der Waals surface area (Å²) >= 11 is 0. The van der Waals surface area contributed by atoms with Crippen molar-refractivity contribution in [2.45, 2.75) is 44.7 Å². The first-order valence-corrected chi connectivity index (χ1v) is 6.83. The molecule has 0 radical (unpaired) electrons. The molecule has 2 aromatic rings. The molecule has 7 heteroatoms. The van der Waals surface area contributed by atoms with E-state index in [0.717, 1.165) is 18.5 Å². The standard InChI is InChI=1S/C13H18N6O/c1-7(2)11-5-10(18-13-15-6-16-19(11)13)12(20)17-9-4-3-8(9)14/h5-9H,3-4,14H2,1-2H3,(H,17,20)/t8-,9+/m1/s1. The maximum absolute atomic E-state index is 12.2. The second-order valence-corrected chi connectivity index (χ2v) is 5.51. The molecule has 1 aliphatic carbocycles. The molecule has 0 aromatic carbocycles. The Morgan fingerprint density at radius 3 is 2.90 bits per heavy atom. The van der Waals surface area contributed by atoms with Gasteiger partial charge in [-0.3, -0.25) is 4.79 Å². The first kappa shape index (κ1) is 13.0. The number of fused-ring (bicyclic) bond motifs is 1. The summed E-state index contributed by atoms with van der Waals surface area (Å²) in [5.74, 6) is 0.469. The molecule has 2 atom stereocenters. The Morgan fingerprint density at radius 2 is 2.30 bits per heavy atom. The lowest BCUT2D eigenvalue weighted by Crippen LogP contribution is -2.54. The van der Waals surface area contributed by atoms with Gasteiger partial charge in [-0.15, -0.1) is 0 Å². The van der Waals surface area contributed by atoms with E-state index >= 15 is 0 Å². The Labute approximate surface area is 116 Å². The van der Waals surface area contributed by atoms with Gasteiger partial charge >= 0.3 is 0 Å². The van der Waals surface area contributed by atoms with Crippen LogP contribution in [0.25, 0.3) is 5.78 Å². The minimum absolute atomic E-state index is 0.0559. The molecule has 0 aliphatic heterocycles. The van der Waals surface area contributed by atoms with Crippen LogP contribution in [-0.4, -0.2) is 37.6 Å². The second-order valence-electron chi connectivity index (χ2n) is 5.51. The first-order chi connectivity index (χ1) is 9.56. The third kappa shape index (κ3) is 2.14. The van der Waals surface area contributed by atoms with E-state index in [2.05, 4.69) is 20.4 Å². The van der Waals surface area contributed by atoms with Gasteiger partial charge < -0.3 is 11.1 Å². The number of nitrogens with zero attached hydrogens (tertiary/aromatic N) is 4. The van der Waals surface area contributed by atoms with E-state index in [4.69, 9.17) is 5.73 Å². The van der Waals surface area contributed by atoms with Crippen LogP contribution in [0, 0.1) is 0 Å². The Hall–Kier alpha value is -2.02. The molecule has 1 amide bonds. The molecule has 7 nitrogen and oxygen atoms in total.